The number of benzene rings is 1. The summed E-state index contributed by atoms with van der Waals surface area (Å²) in [5.74, 6) is 1.43. The first-order valence-corrected chi connectivity index (χ1v) is 7.72. The summed E-state index contributed by atoms with van der Waals surface area (Å²) in [7, 11) is 0. The van der Waals surface area contributed by atoms with E-state index < -0.39 is 0 Å². The van der Waals surface area contributed by atoms with Crippen LogP contribution in [0.15, 0.2) is 49.1 Å². The Kier molecular flexibility index (Phi) is 4.73. The predicted octanol–water partition coefficient (Wildman–Crippen LogP) is 2.20. The number of carbonyl (C=O) groups is 1. The fourth-order valence-electron chi connectivity index (χ4n) is 2.81. The lowest BCUT2D eigenvalue weighted by Crippen LogP contribution is -2.41. The van der Waals surface area contributed by atoms with Crippen LogP contribution in [0.5, 0.6) is 5.75 Å². The number of amides is 1. The van der Waals surface area contributed by atoms with Crippen molar-refractivity contribution in [1.29, 1.82) is 0 Å². The largest absolute Gasteiger partial charge is 0.484 e. The number of aromatic nitrogens is 2. The molecule has 2 heterocycles. The zero-order chi connectivity index (χ0) is 15.2. The molecule has 22 heavy (non-hydrogen) atoms. The van der Waals surface area contributed by atoms with E-state index in [0.29, 0.717) is 5.92 Å². The molecule has 0 N–H and O–H groups in total. The molecular formula is C17H21N3O2. The molecule has 2 aromatic rings. The third-order valence-electron chi connectivity index (χ3n) is 4.10. The van der Waals surface area contributed by atoms with Crippen LogP contribution < -0.4 is 4.74 Å². The first kappa shape index (κ1) is 14.6. The smallest absolute Gasteiger partial charge is 0.260 e. The molecule has 0 unspecified atom stereocenters. The Hall–Kier alpha value is -2.30. The molecule has 5 nitrogen and oxygen atoms in total. The average Bonchev–Trinajstić information content (AvgIpc) is 3.07. The van der Waals surface area contributed by atoms with Crippen LogP contribution in [0.3, 0.4) is 0 Å². The van der Waals surface area contributed by atoms with Gasteiger partial charge in [0.1, 0.15) is 5.75 Å². The van der Waals surface area contributed by atoms with Crippen LogP contribution in [0.2, 0.25) is 0 Å². The molecule has 1 amide bonds. The minimum absolute atomic E-state index is 0.0740. The van der Waals surface area contributed by atoms with E-state index in [4.69, 9.17) is 4.74 Å². The van der Waals surface area contributed by atoms with Crippen molar-refractivity contribution in [3.8, 4) is 5.75 Å². The first-order chi connectivity index (χ1) is 10.8. The van der Waals surface area contributed by atoms with Crippen molar-refractivity contribution in [3.63, 3.8) is 0 Å². The number of hydrogen-bond acceptors (Lipinski definition) is 3. The molecule has 1 fully saturated rings. The minimum Gasteiger partial charge on any atom is -0.484 e. The molecule has 0 aliphatic carbocycles. The number of para-hydroxylation sites is 1. The molecule has 5 heteroatoms. The molecule has 1 aromatic heterocycles. The van der Waals surface area contributed by atoms with E-state index in [1.807, 2.05) is 47.8 Å². The number of hydrogen-bond donors (Lipinski definition) is 0. The highest BCUT2D eigenvalue weighted by molar-refractivity contribution is 5.77. The molecule has 116 valence electrons. The van der Waals surface area contributed by atoms with Gasteiger partial charge in [-0.25, -0.2) is 4.98 Å². The zero-order valence-corrected chi connectivity index (χ0v) is 12.6. The lowest BCUT2D eigenvalue weighted by atomic mass is 9.97. The standard InChI is InChI=1S/C17H21N3O2/c21-17(13-22-16-4-2-1-3-5-16)20-9-6-15(7-10-20)12-19-11-8-18-14-19/h1-5,8,11,14-15H,6-7,9-10,12-13H2. The van der Waals surface area contributed by atoms with Gasteiger partial charge in [0.25, 0.3) is 5.91 Å². The van der Waals surface area contributed by atoms with E-state index >= 15 is 0 Å². The van der Waals surface area contributed by atoms with Crippen molar-refractivity contribution in [3.05, 3.63) is 49.1 Å². The summed E-state index contributed by atoms with van der Waals surface area (Å²) in [5, 5.41) is 0. The highest BCUT2D eigenvalue weighted by Gasteiger charge is 2.23. The quantitative estimate of drug-likeness (QED) is 0.850. The number of ether oxygens (including phenoxy) is 1. The second kappa shape index (κ2) is 7.11. The van der Waals surface area contributed by atoms with Crippen LogP contribution in [-0.2, 0) is 11.3 Å². The molecule has 3 rings (SSSR count). The van der Waals surface area contributed by atoms with E-state index in [-0.39, 0.29) is 12.5 Å². The summed E-state index contributed by atoms with van der Waals surface area (Å²) in [4.78, 5) is 18.2. The van der Waals surface area contributed by atoms with Gasteiger partial charge in [0.2, 0.25) is 0 Å². The molecule has 0 radical (unpaired) electrons. The van der Waals surface area contributed by atoms with E-state index in [9.17, 15) is 4.79 Å². The molecular weight excluding hydrogens is 278 g/mol. The molecule has 0 atom stereocenters. The third kappa shape index (κ3) is 3.87. The maximum absolute atomic E-state index is 12.2. The van der Waals surface area contributed by atoms with Gasteiger partial charge in [0.05, 0.1) is 6.33 Å². The Balaban J connectivity index is 1.42. The highest BCUT2D eigenvalue weighted by Crippen LogP contribution is 2.19. The van der Waals surface area contributed by atoms with Crippen molar-refractivity contribution in [2.24, 2.45) is 5.92 Å². The van der Waals surface area contributed by atoms with E-state index in [2.05, 4.69) is 9.55 Å². The number of nitrogens with zero attached hydrogens (tertiary/aromatic N) is 3. The minimum atomic E-state index is 0.0740. The number of rotatable bonds is 5. The van der Waals surface area contributed by atoms with Gasteiger partial charge in [-0.15, -0.1) is 0 Å². The van der Waals surface area contributed by atoms with Gasteiger partial charge in [-0.2, -0.15) is 0 Å². The Morgan fingerprint density at radius 3 is 2.68 bits per heavy atom. The van der Waals surface area contributed by atoms with Gasteiger partial charge in [-0.3, -0.25) is 4.79 Å². The van der Waals surface area contributed by atoms with Crippen molar-refractivity contribution >= 4 is 5.91 Å². The Bertz CT molecular complexity index is 575. The molecule has 1 saturated heterocycles. The molecule has 1 aromatic carbocycles. The molecule has 1 aliphatic rings. The Morgan fingerprint density at radius 1 is 1.23 bits per heavy atom. The van der Waals surface area contributed by atoms with Gasteiger partial charge in [0.15, 0.2) is 6.61 Å². The van der Waals surface area contributed by atoms with Crippen LogP contribution in [-0.4, -0.2) is 40.1 Å². The number of carbonyl (C=O) groups excluding carboxylic acids is 1. The summed E-state index contributed by atoms with van der Waals surface area (Å²) < 4.78 is 7.64. The summed E-state index contributed by atoms with van der Waals surface area (Å²) in [5.41, 5.74) is 0. The summed E-state index contributed by atoms with van der Waals surface area (Å²) >= 11 is 0. The average molecular weight is 299 g/mol. The van der Waals surface area contributed by atoms with Gasteiger partial charge < -0.3 is 14.2 Å². The highest BCUT2D eigenvalue weighted by atomic mass is 16.5. The van der Waals surface area contributed by atoms with E-state index in [1.165, 1.54) is 0 Å². The van der Waals surface area contributed by atoms with Gasteiger partial charge in [-0.1, -0.05) is 18.2 Å². The van der Waals surface area contributed by atoms with Crippen molar-refractivity contribution in [1.82, 2.24) is 14.5 Å². The van der Waals surface area contributed by atoms with Crippen LogP contribution in [0, 0.1) is 5.92 Å². The monoisotopic (exact) mass is 299 g/mol. The Morgan fingerprint density at radius 2 is 2.00 bits per heavy atom. The second-order valence-corrected chi connectivity index (χ2v) is 5.69. The van der Waals surface area contributed by atoms with Gasteiger partial charge in [0, 0.05) is 32.0 Å². The maximum Gasteiger partial charge on any atom is 0.260 e. The summed E-state index contributed by atoms with van der Waals surface area (Å²) in [6.45, 7) is 2.74. The van der Waals surface area contributed by atoms with E-state index in [0.717, 1.165) is 38.2 Å². The van der Waals surface area contributed by atoms with Gasteiger partial charge >= 0.3 is 0 Å². The fraction of sp³-hybridized carbons (Fsp3) is 0.412. The van der Waals surface area contributed by atoms with Crippen LogP contribution in [0.4, 0.5) is 0 Å². The van der Waals surface area contributed by atoms with Crippen LogP contribution >= 0.6 is 0 Å². The molecule has 1 aliphatic heterocycles. The first-order valence-electron chi connectivity index (χ1n) is 7.72. The van der Waals surface area contributed by atoms with Gasteiger partial charge in [-0.05, 0) is 30.9 Å². The second-order valence-electron chi connectivity index (χ2n) is 5.69. The lowest BCUT2D eigenvalue weighted by Gasteiger charge is -2.32. The maximum atomic E-state index is 12.2. The number of piperidine rings is 1. The summed E-state index contributed by atoms with van der Waals surface area (Å²) in [6, 6.07) is 9.47. The van der Waals surface area contributed by atoms with E-state index in [1.54, 1.807) is 6.20 Å². The normalized spacial score (nSPS) is 15.7. The van der Waals surface area contributed by atoms with Crippen molar-refractivity contribution in [2.75, 3.05) is 19.7 Å². The summed E-state index contributed by atoms with van der Waals surface area (Å²) in [6.07, 6.45) is 7.72. The Labute approximate surface area is 130 Å². The molecule has 0 bridgehead atoms. The predicted molar refractivity (Wildman–Crippen MR) is 83.5 cm³/mol. The molecule has 0 spiro atoms. The third-order valence-corrected chi connectivity index (χ3v) is 4.10. The SMILES string of the molecule is O=C(COc1ccccc1)N1CCC(Cn2ccnc2)CC1. The van der Waals surface area contributed by atoms with Crippen molar-refractivity contribution < 1.29 is 9.53 Å². The van der Waals surface area contributed by atoms with Crippen LogP contribution in [0.1, 0.15) is 12.8 Å². The van der Waals surface area contributed by atoms with Crippen molar-refractivity contribution in [2.45, 2.75) is 19.4 Å². The number of imidazole rings is 1. The fourth-order valence-corrected chi connectivity index (χ4v) is 2.81. The number of likely N-dealkylation sites (tertiary alicyclic amines) is 1. The van der Waals surface area contributed by atoms with Crippen LogP contribution in [0.25, 0.3) is 0 Å². The zero-order valence-electron chi connectivity index (χ0n) is 12.6. The molecule has 0 saturated carbocycles. The lowest BCUT2D eigenvalue weighted by molar-refractivity contribution is -0.134. The topological polar surface area (TPSA) is 47.4 Å².